The highest BCUT2D eigenvalue weighted by Crippen LogP contribution is 2.30. The largest absolute Gasteiger partial charge is 0.309 e. The number of benzene rings is 1. The van der Waals surface area contributed by atoms with Crippen LogP contribution in [0.4, 0.5) is 8.78 Å². The van der Waals surface area contributed by atoms with Crippen molar-refractivity contribution in [2.75, 3.05) is 6.54 Å². The summed E-state index contributed by atoms with van der Waals surface area (Å²) < 4.78 is 28.0. The number of halogens is 2. The van der Waals surface area contributed by atoms with Gasteiger partial charge in [-0.15, -0.1) is 0 Å². The van der Waals surface area contributed by atoms with Gasteiger partial charge in [0.25, 0.3) is 0 Å². The van der Waals surface area contributed by atoms with Crippen molar-refractivity contribution in [3.8, 4) is 0 Å². The zero-order valence-corrected chi connectivity index (χ0v) is 12.1. The van der Waals surface area contributed by atoms with Gasteiger partial charge in [0, 0.05) is 11.6 Å². The van der Waals surface area contributed by atoms with Crippen molar-refractivity contribution >= 4 is 0 Å². The lowest BCUT2D eigenvalue weighted by molar-refractivity contribution is 0.456. The van der Waals surface area contributed by atoms with Gasteiger partial charge in [0.15, 0.2) is 0 Å². The molecule has 110 valence electrons. The van der Waals surface area contributed by atoms with E-state index >= 15 is 0 Å². The van der Waals surface area contributed by atoms with Gasteiger partial charge in [-0.1, -0.05) is 24.6 Å². The van der Waals surface area contributed by atoms with Gasteiger partial charge in [0.1, 0.15) is 11.6 Å². The molecule has 0 spiro atoms. The molecular weight excluding hydrogens is 256 g/mol. The average Bonchev–Trinajstić information content (AvgIpc) is 2.45. The summed E-state index contributed by atoms with van der Waals surface area (Å²) >= 11 is 0. The number of nitrogens with one attached hydrogen (secondary N) is 1. The van der Waals surface area contributed by atoms with Gasteiger partial charge >= 0.3 is 0 Å². The van der Waals surface area contributed by atoms with Crippen LogP contribution < -0.4 is 5.32 Å². The van der Waals surface area contributed by atoms with E-state index in [4.69, 9.17) is 0 Å². The van der Waals surface area contributed by atoms with E-state index in [0.717, 1.165) is 25.8 Å². The Morgan fingerprint density at radius 3 is 2.55 bits per heavy atom. The Balaban J connectivity index is 2.20. The van der Waals surface area contributed by atoms with E-state index in [-0.39, 0.29) is 11.6 Å². The molecule has 0 amide bonds. The van der Waals surface area contributed by atoms with E-state index in [0.29, 0.717) is 6.42 Å². The minimum atomic E-state index is -0.449. The lowest BCUT2D eigenvalue weighted by Crippen LogP contribution is -2.25. The molecule has 1 nitrogen and oxygen atoms in total. The maximum atomic E-state index is 14.0. The van der Waals surface area contributed by atoms with Crippen molar-refractivity contribution < 1.29 is 8.78 Å². The minimum absolute atomic E-state index is 0.187. The number of hydrogen-bond acceptors (Lipinski definition) is 1. The third-order valence-corrected chi connectivity index (χ3v) is 3.84. The third kappa shape index (κ3) is 3.89. The molecule has 20 heavy (non-hydrogen) atoms. The van der Waals surface area contributed by atoms with Gasteiger partial charge in [-0.2, -0.15) is 0 Å². The van der Waals surface area contributed by atoms with Crippen LogP contribution in [-0.2, 0) is 0 Å². The Morgan fingerprint density at radius 1 is 1.20 bits per heavy atom. The molecule has 0 radical (unpaired) electrons. The molecule has 1 unspecified atom stereocenters. The Kier molecular flexibility index (Phi) is 5.72. The van der Waals surface area contributed by atoms with Crippen molar-refractivity contribution in [3.05, 3.63) is 47.0 Å². The third-order valence-electron chi connectivity index (χ3n) is 3.84. The molecule has 0 bridgehead atoms. The van der Waals surface area contributed by atoms with Crippen LogP contribution in [0.3, 0.4) is 0 Å². The van der Waals surface area contributed by atoms with Crippen molar-refractivity contribution in [1.29, 1.82) is 0 Å². The molecule has 0 fully saturated rings. The average molecular weight is 279 g/mol. The van der Waals surface area contributed by atoms with Gasteiger partial charge in [-0.05, 0) is 57.2 Å². The summed E-state index contributed by atoms with van der Waals surface area (Å²) in [4.78, 5) is 0. The molecule has 0 heterocycles. The lowest BCUT2D eigenvalue weighted by Gasteiger charge is -2.23. The summed E-state index contributed by atoms with van der Waals surface area (Å²) in [6, 6.07) is 3.84. The standard InChI is InChI=1S/C17H23F2N/c1-2-11-20-16(12-13-7-4-3-5-8-13)17-14(18)9-6-10-15(17)19/h6-7,9-10,16,20H,2-5,8,11-12H2,1H3. The summed E-state index contributed by atoms with van der Waals surface area (Å²) in [5, 5.41) is 3.29. The van der Waals surface area contributed by atoms with Gasteiger partial charge < -0.3 is 5.32 Å². The Hall–Kier alpha value is -1.22. The first-order valence-corrected chi connectivity index (χ1v) is 7.57. The van der Waals surface area contributed by atoms with Crippen LogP contribution >= 0.6 is 0 Å². The van der Waals surface area contributed by atoms with E-state index in [1.54, 1.807) is 0 Å². The van der Waals surface area contributed by atoms with Crippen LogP contribution in [-0.4, -0.2) is 6.54 Å². The van der Waals surface area contributed by atoms with Crippen molar-refractivity contribution in [3.63, 3.8) is 0 Å². The van der Waals surface area contributed by atoms with Crippen molar-refractivity contribution in [1.82, 2.24) is 5.32 Å². The summed E-state index contributed by atoms with van der Waals surface area (Å²) in [7, 11) is 0. The molecular formula is C17H23F2N. The normalized spacial score (nSPS) is 16.9. The fourth-order valence-corrected chi connectivity index (χ4v) is 2.79. The van der Waals surface area contributed by atoms with Crippen LogP contribution in [0.25, 0.3) is 0 Å². The first kappa shape index (κ1) is 15.2. The van der Waals surface area contributed by atoms with E-state index < -0.39 is 11.6 Å². The fraction of sp³-hybridized carbons (Fsp3) is 0.529. The van der Waals surface area contributed by atoms with Crippen molar-refractivity contribution in [2.24, 2.45) is 0 Å². The molecule has 3 heteroatoms. The monoisotopic (exact) mass is 279 g/mol. The second kappa shape index (κ2) is 7.53. The highest BCUT2D eigenvalue weighted by Gasteiger charge is 2.21. The van der Waals surface area contributed by atoms with Crippen LogP contribution in [0.5, 0.6) is 0 Å². The summed E-state index contributed by atoms with van der Waals surface area (Å²) in [6.45, 7) is 2.83. The first-order valence-electron chi connectivity index (χ1n) is 7.57. The summed E-state index contributed by atoms with van der Waals surface area (Å²) in [5.41, 5.74) is 1.51. The van der Waals surface area contributed by atoms with Crippen LogP contribution in [0.15, 0.2) is 29.8 Å². The number of rotatable bonds is 6. The molecule has 1 aromatic rings. The smallest absolute Gasteiger partial charge is 0.130 e. The van der Waals surface area contributed by atoms with Crippen molar-refractivity contribution in [2.45, 2.75) is 51.5 Å². The summed E-state index contributed by atoms with van der Waals surface area (Å²) in [5.74, 6) is -0.898. The molecule has 0 aromatic heterocycles. The molecule has 1 atom stereocenters. The topological polar surface area (TPSA) is 12.0 Å². The Morgan fingerprint density at radius 2 is 1.95 bits per heavy atom. The maximum Gasteiger partial charge on any atom is 0.130 e. The molecule has 0 aliphatic heterocycles. The maximum absolute atomic E-state index is 14.0. The molecule has 1 aromatic carbocycles. The Labute approximate surface area is 120 Å². The number of allylic oxidation sites excluding steroid dienone is 1. The highest BCUT2D eigenvalue weighted by atomic mass is 19.1. The quantitative estimate of drug-likeness (QED) is 0.731. The van der Waals surface area contributed by atoms with E-state index in [1.165, 1.54) is 36.6 Å². The highest BCUT2D eigenvalue weighted by molar-refractivity contribution is 5.25. The minimum Gasteiger partial charge on any atom is -0.309 e. The predicted molar refractivity (Wildman–Crippen MR) is 78.6 cm³/mol. The lowest BCUT2D eigenvalue weighted by atomic mass is 9.91. The predicted octanol–water partition coefficient (Wildman–Crippen LogP) is 4.90. The van der Waals surface area contributed by atoms with Crippen LogP contribution in [0, 0.1) is 11.6 Å². The SMILES string of the molecule is CCCNC(CC1=CCCCC1)c1c(F)cccc1F. The van der Waals surface area contributed by atoms with Gasteiger partial charge in [0.2, 0.25) is 0 Å². The molecule has 0 saturated carbocycles. The van der Waals surface area contributed by atoms with Gasteiger partial charge in [-0.3, -0.25) is 0 Å². The van der Waals surface area contributed by atoms with Gasteiger partial charge in [0.05, 0.1) is 0 Å². The van der Waals surface area contributed by atoms with E-state index in [2.05, 4.69) is 18.3 Å². The Bertz CT molecular complexity index is 448. The van der Waals surface area contributed by atoms with Gasteiger partial charge in [-0.25, -0.2) is 8.78 Å². The zero-order valence-electron chi connectivity index (χ0n) is 12.1. The first-order chi connectivity index (χ1) is 9.72. The van der Waals surface area contributed by atoms with E-state index in [9.17, 15) is 8.78 Å². The molecule has 1 aliphatic carbocycles. The van der Waals surface area contributed by atoms with E-state index in [1.807, 2.05) is 0 Å². The zero-order chi connectivity index (χ0) is 14.4. The summed E-state index contributed by atoms with van der Waals surface area (Å²) in [6.07, 6.45) is 8.46. The van der Waals surface area contributed by atoms with Crippen LogP contribution in [0.1, 0.15) is 57.1 Å². The molecule has 1 aliphatic rings. The molecule has 2 rings (SSSR count). The molecule has 1 N–H and O–H groups in total. The molecule has 0 saturated heterocycles. The second-order valence-corrected chi connectivity index (χ2v) is 5.45. The number of hydrogen-bond donors (Lipinski definition) is 1. The second-order valence-electron chi connectivity index (χ2n) is 5.45. The fourth-order valence-electron chi connectivity index (χ4n) is 2.79. The van der Waals surface area contributed by atoms with Crippen LogP contribution in [0.2, 0.25) is 0 Å².